The predicted octanol–water partition coefficient (Wildman–Crippen LogP) is 3.92. The fourth-order valence-corrected chi connectivity index (χ4v) is 4.28. The second kappa shape index (κ2) is 8.41. The number of carbonyl (C=O) groups excluding carboxylic acids is 1. The molecule has 0 radical (unpaired) electrons. The zero-order chi connectivity index (χ0) is 20.4. The summed E-state index contributed by atoms with van der Waals surface area (Å²) >= 11 is 3.39. The number of hydrogen-bond donors (Lipinski definition) is 0. The summed E-state index contributed by atoms with van der Waals surface area (Å²) < 4.78 is 0.950. The van der Waals surface area contributed by atoms with Crippen molar-refractivity contribution in [3.63, 3.8) is 0 Å². The molecule has 1 amide bonds. The van der Waals surface area contributed by atoms with E-state index >= 15 is 0 Å². The Balaban J connectivity index is 1.46. The minimum absolute atomic E-state index is 0.0404. The van der Waals surface area contributed by atoms with E-state index in [9.17, 15) is 14.9 Å². The number of benzene rings is 2. The summed E-state index contributed by atoms with van der Waals surface area (Å²) in [5.41, 5.74) is 2.54. The van der Waals surface area contributed by atoms with Crippen molar-refractivity contribution in [2.75, 3.05) is 49.1 Å². The van der Waals surface area contributed by atoms with Crippen LogP contribution in [0, 0.1) is 10.1 Å². The molecule has 2 aromatic carbocycles. The zero-order valence-corrected chi connectivity index (χ0v) is 17.7. The first-order chi connectivity index (χ1) is 14.0. The molecule has 2 aromatic rings. The number of rotatable bonds is 4. The molecule has 152 valence electrons. The third-order valence-electron chi connectivity index (χ3n) is 5.63. The minimum atomic E-state index is -0.299. The lowest BCUT2D eigenvalue weighted by Crippen LogP contribution is -2.48. The normalized spacial score (nSPS) is 16.9. The number of piperazine rings is 1. The van der Waals surface area contributed by atoms with Crippen LogP contribution in [0.5, 0.6) is 0 Å². The van der Waals surface area contributed by atoms with Crippen molar-refractivity contribution in [3.8, 4) is 0 Å². The fraction of sp³-hybridized carbons (Fsp3) is 0.381. The number of carbonyl (C=O) groups is 1. The van der Waals surface area contributed by atoms with Crippen LogP contribution in [0.4, 0.5) is 17.1 Å². The number of halogens is 1. The van der Waals surface area contributed by atoms with E-state index in [1.54, 1.807) is 6.07 Å². The van der Waals surface area contributed by atoms with Crippen molar-refractivity contribution in [2.24, 2.45) is 0 Å². The highest BCUT2D eigenvalue weighted by atomic mass is 79.9. The Bertz CT molecular complexity index is 905. The van der Waals surface area contributed by atoms with E-state index in [1.165, 1.54) is 0 Å². The molecule has 0 atom stereocenters. The van der Waals surface area contributed by atoms with Gasteiger partial charge in [0.25, 0.3) is 11.6 Å². The van der Waals surface area contributed by atoms with Crippen molar-refractivity contribution < 1.29 is 9.72 Å². The van der Waals surface area contributed by atoms with Crippen LogP contribution in [0.3, 0.4) is 0 Å². The molecule has 0 saturated carbocycles. The highest BCUT2D eigenvalue weighted by Crippen LogP contribution is 2.34. The van der Waals surface area contributed by atoms with Crippen LogP contribution in [0.1, 0.15) is 23.2 Å². The monoisotopic (exact) mass is 458 g/mol. The van der Waals surface area contributed by atoms with Crippen LogP contribution >= 0.6 is 15.9 Å². The van der Waals surface area contributed by atoms with Gasteiger partial charge in [-0.05, 0) is 49.2 Å². The lowest BCUT2D eigenvalue weighted by atomic mass is 10.1. The molecule has 0 unspecified atom stereocenters. The molecule has 0 aromatic heterocycles. The average molecular weight is 459 g/mol. The van der Waals surface area contributed by atoms with E-state index in [-0.39, 0.29) is 16.5 Å². The predicted molar refractivity (Wildman–Crippen MR) is 117 cm³/mol. The lowest BCUT2D eigenvalue weighted by Gasteiger charge is -2.36. The molecular formula is C21H23BrN4O3. The van der Waals surface area contributed by atoms with Crippen molar-refractivity contribution in [3.05, 3.63) is 62.6 Å². The Morgan fingerprint density at radius 1 is 0.897 bits per heavy atom. The van der Waals surface area contributed by atoms with E-state index in [0.29, 0.717) is 37.4 Å². The maximum atomic E-state index is 12.7. The average Bonchev–Trinajstić information content (AvgIpc) is 3.28. The third-order valence-corrected chi connectivity index (χ3v) is 6.15. The Morgan fingerprint density at radius 3 is 2.17 bits per heavy atom. The van der Waals surface area contributed by atoms with Gasteiger partial charge in [0.05, 0.1) is 4.92 Å². The Kier molecular flexibility index (Phi) is 5.71. The highest BCUT2D eigenvalue weighted by molar-refractivity contribution is 9.10. The number of amides is 1. The number of nitro benzene ring substituents is 1. The lowest BCUT2D eigenvalue weighted by molar-refractivity contribution is -0.384. The van der Waals surface area contributed by atoms with Gasteiger partial charge in [-0.2, -0.15) is 0 Å². The van der Waals surface area contributed by atoms with Crippen molar-refractivity contribution in [1.82, 2.24) is 4.90 Å². The van der Waals surface area contributed by atoms with Gasteiger partial charge in [0.2, 0.25) is 0 Å². The Hall–Kier alpha value is -2.61. The molecule has 2 heterocycles. The molecule has 29 heavy (non-hydrogen) atoms. The van der Waals surface area contributed by atoms with E-state index in [4.69, 9.17) is 0 Å². The van der Waals surface area contributed by atoms with Crippen LogP contribution in [0.15, 0.2) is 46.9 Å². The zero-order valence-electron chi connectivity index (χ0n) is 16.1. The molecule has 0 aliphatic carbocycles. The quantitative estimate of drug-likeness (QED) is 0.512. The molecule has 2 saturated heterocycles. The molecule has 2 fully saturated rings. The fourth-order valence-electron chi connectivity index (χ4n) is 4.02. The van der Waals surface area contributed by atoms with E-state index < -0.39 is 0 Å². The van der Waals surface area contributed by atoms with Crippen molar-refractivity contribution in [1.29, 1.82) is 0 Å². The number of hydrogen-bond acceptors (Lipinski definition) is 5. The van der Waals surface area contributed by atoms with Crippen molar-refractivity contribution in [2.45, 2.75) is 12.8 Å². The van der Waals surface area contributed by atoms with Gasteiger partial charge >= 0.3 is 0 Å². The molecule has 0 N–H and O–H groups in total. The second-order valence-corrected chi connectivity index (χ2v) is 8.33. The van der Waals surface area contributed by atoms with Crippen LogP contribution < -0.4 is 9.80 Å². The molecule has 0 bridgehead atoms. The third kappa shape index (κ3) is 4.22. The van der Waals surface area contributed by atoms with Crippen LogP contribution in [-0.2, 0) is 0 Å². The first-order valence-corrected chi connectivity index (χ1v) is 10.7. The standard InChI is InChI=1S/C21H23BrN4O3/c22-17-5-3-16(4-6-17)21(27)25-13-11-23(12-14-25)18-7-8-19(26(28)29)20(15-18)24-9-1-2-10-24/h3-8,15H,1-2,9-14H2. The summed E-state index contributed by atoms with van der Waals surface area (Å²) in [6, 6.07) is 12.8. The molecular weight excluding hydrogens is 436 g/mol. The largest absolute Gasteiger partial charge is 0.368 e. The van der Waals surface area contributed by atoms with Gasteiger partial charge in [-0.1, -0.05) is 15.9 Å². The van der Waals surface area contributed by atoms with Gasteiger partial charge < -0.3 is 14.7 Å². The first-order valence-electron chi connectivity index (χ1n) is 9.86. The highest BCUT2D eigenvalue weighted by Gasteiger charge is 2.26. The van der Waals surface area contributed by atoms with E-state index in [0.717, 1.165) is 36.1 Å². The maximum absolute atomic E-state index is 12.7. The summed E-state index contributed by atoms with van der Waals surface area (Å²) in [6.45, 7) is 4.40. The number of nitro groups is 1. The molecule has 2 aliphatic rings. The minimum Gasteiger partial charge on any atom is -0.368 e. The summed E-state index contributed by atoms with van der Waals surface area (Å²) in [4.78, 5) is 30.0. The molecule has 8 heteroatoms. The van der Waals surface area contributed by atoms with Gasteiger partial charge in [0.15, 0.2) is 0 Å². The summed E-state index contributed by atoms with van der Waals surface area (Å²) in [5, 5.41) is 11.5. The maximum Gasteiger partial charge on any atom is 0.292 e. The van der Waals surface area contributed by atoms with Gasteiger partial charge in [-0.15, -0.1) is 0 Å². The molecule has 2 aliphatic heterocycles. The van der Waals surface area contributed by atoms with Gasteiger partial charge in [0, 0.05) is 61.1 Å². The SMILES string of the molecule is O=C(c1ccc(Br)cc1)N1CCN(c2ccc([N+](=O)[O-])c(N3CCCC3)c2)CC1. The van der Waals surface area contributed by atoms with Crippen molar-refractivity contribution >= 4 is 38.9 Å². The summed E-state index contributed by atoms with van der Waals surface area (Å²) in [5.74, 6) is 0.0404. The van der Waals surface area contributed by atoms with Crippen LogP contribution in [0.2, 0.25) is 0 Å². The van der Waals surface area contributed by atoms with Gasteiger partial charge in [-0.25, -0.2) is 0 Å². The molecule has 0 spiro atoms. The second-order valence-electron chi connectivity index (χ2n) is 7.41. The first kappa shape index (κ1) is 19.7. The topological polar surface area (TPSA) is 69.9 Å². The van der Waals surface area contributed by atoms with E-state index in [2.05, 4.69) is 25.7 Å². The van der Waals surface area contributed by atoms with Gasteiger partial charge in [-0.3, -0.25) is 14.9 Å². The Labute approximate surface area is 178 Å². The smallest absolute Gasteiger partial charge is 0.292 e. The molecule has 4 rings (SSSR count). The number of anilines is 2. The summed E-state index contributed by atoms with van der Waals surface area (Å²) in [6.07, 6.45) is 2.14. The number of nitrogens with zero attached hydrogens (tertiary/aromatic N) is 4. The van der Waals surface area contributed by atoms with E-state index in [1.807, 2.05) is 41.3 Å². The van der Waals surface area contributed by atoms with Gasteiger partial charge in [0.1, 0.15) is 5.69 Å². The molecule has 7 nitrogen and oxygen atoms in total. The summed E-state index contributed by atoms with van der Waals surface area (Å²) in [7, 11) is 0. The Morgan fingerprint density at radius 2 is 1.55 bits per heavy atom. The van der Waals surface area contributed by atoms with Crippen LogP contribution in [-0.4, -0.2) is 55.0 Å². The van der Waals surface area contributed by atoms with Crippen LogP contribution in [0.25, 0.3) is 0 Å².